The van der Waals surface area contributed by atoms with Crippen LogP contribution in [0.5, 0.6) is 0 Å². The molecule has 0 aliphatic carbocycles. The Kier molecular flexibility index (Phi) is 10.8. The van der Waals surface area contributed by atoms with E-state index in [-0.39, 0.29) is 31.9 Å². The second-order valence-corrected chi connectivity index (χ2v) is 14.2. The molecule has 4 aliphatic heterocycles. The van der Waals surface area contributed by atoms with Gasteiger partial charge in [0.05, 0.1) is 37.3 Å². The van der Waals surface area contributed by atoms with Crippen molar-refractivity contribution < 1.29 is 38.5 Å². The normalized spacial score (nSPS) is 29.9. The smallest absolute Gasteiger partial charge is 0.313 e. The third-order valence-electron chi connectivity index (χ3n) is 10.6. The van der Waals surface area contributed by atoms with Crippen LogP contribution in [0.25, 0.3) is 0 Å². The number of amides is 3. The Labute approximate surface area is 313 Å². The summed E-state index contributed by atoms with van der Waals surface area (Å²) in [5, 5.41) is 14.4. The predicted molar refractivity (Wildman–Crippen MR) is 197 cm³/mol. The molecule has 8 atom stereocenters. The van der Waals surface area contributed by atoms with Gasteiger partial charge in [-0.05, 0) is 48.2 Å². The molecule has 12 heteroatoms. The average Bonchev–Trinajstić information content (AvgIpc) is 3.82. The number of cyclic esters (lactones) is 1. The van der Waals surface area contributed by atoms with Gasteiger partial charge in [-0.25, -0.2) is 0 Å². The molecule has 1 spiro atoms. The number of hydrogen-bond acceptors (Lipinski definition) is 8. The molecule has 2 saturated heterocycles. The lowest BCUT2D eigenvalue weighted by atomic mass is 9.74. The molecule has 2 fully saturated rings. The monoisotopic (exact) mass is 739 g/mol. The first-order valence-corrected chi connectivity index (χ1v) is 18.2. The van der Waals surface area contributed by atoms with Crippen molar-refractivity contribution in [3.8, 4) is 0 Å². The number of hydrogen-bond donors (Lipinski definition) is 2. The van der Waals surface area contributed by atoms with Crippen LogP contribution in [0.4, 0.5) is 5.69 Å². The molecule has 2 N–H and O–H groups in total. The molecule has 4 heterocycles. The van der Waals surface area contributed by atoms with Crippen molar-refractivity contribution in [2.45, 2.75) is 55.2 Å². The van der Waals surface area contributed by atoms with Crippen molar-refractivity contribution in [1.29, 1.82) is 0 Å². The van der Waals surface area contributed by atoms with E-state index in [0.29, 0.717) is 22.7 Å². The molecule has 0 aromatic heterocycles. The summed E-state index contributed by atoms with van der Waals surface area (Å²) in [6.07, 6.45) is 6.02. The fourth-order valence-electron chi connectivity index (χ4n) is 8.18. The molecule has 4 aliphatic rings. The van der Waals surface area contributed by atoms with E-state index in [1.165, 1.54) is 12.0 Å². The number of methoxy groups -OCH3 is 1. The van der Waals surface area contributed by atoms with Crippen LogP contribution in [0.15, 0.2) is 109 Å². The van der Waals surface area contributed by atoms with Gasteiger partial charge in [-0.1, -0.05) is 96.6 Å². The number of nitrogens with one attached hydrogen (secondary N) is 1. The zero-order valence-electron chi connectivity index (χ0n) is 29.3. The summed E-state index contributed by atoms with van der Waals surface area (Å²) in [6, 6.07) is 22.4. The Bertz CT molecular complexity index is 1870. The summed E-state index contributed by atoms with van der Waals surface area (Å²) in [4.78, 5) is 61.0. The molecular formula is C41H42ClN3O8. The minimum absolute atomic E-state index is 0.0449. The quantitative estimate of drug-likeness (QED) is 0.260. The molecule has 53 heavy (non-hydrogen) atoms. The standard InChI is InChI=1S/C41H42ClN3O8/c1-51-25-31-36(27-13-7-3-8-14-27)52-40(50)34-32-20-21-41(53-32)35(34)38(48)45(30(24-46)23-26-11-5-2-6-12-26)37(41)39(49)44(29-18-16-28(42)17-19-29)22-10-4-9-15-33(47)43-31/h2-8,10-14,16-21,30-32,34-37,46H,9,15,22-25H2,1H3,(H,43,47)/b10-4-/t30-,31+,32-,34+,35+,36+,37-,41+/m1/s1. The lowest BCUT2D eigenvalue weighted by molar-refractivity contribution is -0.162. The number of aliphatic hydroxyl groups is 1. The number of carbonyl (C=O) groups excluding carboxylic acids is 4. The first-order valence-electron chi connectivity index (χ1n) is 17.9. The minimum atomic E-state index is -1.53. The maximum Gasteiger partial charge on any atom is 0.313 e. The summed E-state index contributed by atoms with van der Waals surface area (Å²) in [7, 11) is 1.50. The van der Waals surface area contributed by atoms with E-state index in [2.05, 4.69) is 5.32 Å². The molecule has 0 unspecified atom stereocenters. The van der Waals surface area contributed by atoms with Crippen molar-refractivity contribution in [1.82, 2.24) is 10.2 Å². The zero-order valence-corrected chi connectivity index (χ0v) is 30.0. The number of carbonyl (C=O) groups is 4. The molecular weight excluding hydrogens is 698 g/mol. The molecule has 3 aromatic rings. The van der Waals surface area contributed by atoms with Crippen molar-refractivity contribution >= 4 is 41.0 Å². The van der Waals surface area contributed by atoms with Crippen LogP contribution in [0.2, 0.25) is 5.02 Å². The summed E-state index contributed by atoms with van der Waals surface area (Å²) in [6.45, 7) is -0.293. The van der Waals surface area contributed by atoms with Crippen LogP contribution in [0, 0.1) is 11.8 Å². The summed E-state index contributed by atoms with van der Waals surface area (Å²) >= 11 is 6.24. The molecule has 276 valence electrons. The van der Waals surface area contributed by atoms with Gasteiger partial charge < -0.3 is 34.4 Å². The molecule has 11 nitrogen and oxygen atoms in total. The highest BCUT2D eigenvalue weighted by Crippen LogP contribution is 2.56. The predicted octanol–water partition coefficient (Wildman–Crippen LogP) is 4.19. The maximum atomic E-state index is 15.2. The summed E-state index contributed by atoms with van der Waals surface area (Å²) < 4.78 is 18.4. The number of nitrogens with zero attached hydrogens (tertiary/aromatic N) is 2. The third kappa shape index (κ3) is 7.02. The van der Waals surface area contributed by atoms with E-state index in [1.807, 2.05) is 54.6 Å². The average molecular weight is 740 g/mol. The van der Waals surface area contributed by atoms with Gasteiger partial charge in [-0.2, -0.15) is 0 Å². The second-order valence-electron chi connectivity index (χ2n) is 13.8. The molecule has 3 amide bonds. The molecule has 0 radical (unpaired) electrons. The van der Waals surface area contributed by atoms with Crippen LogP contribution in [0.3, 0.4) is 0 Å². The van der Waals surface area contributed by atoms with E-state index < -0.39 is 72.2 Å². The first-order chi connectivity index (χ1) is 25.8. The Morgan fingerprint density at radius 2 is 1.68 bits per heavy atom. The number of allylic oxidation sites excluding steroid dienone is 1. The number of anilines is 1. The van der Waals surface area contributed by atoms with E-state index in [9.17, 15) is 19.5 Å². The molecule has 7 rings (SSSR count). The summed E-state index contributed by atoms with van der Waals surface area (Å²) in [5.41, 5.74) is 0.485. The Morgan fingerprint density at radius 3 is 2.38 bits per heavy atom. The third-order valence-corrected chi connectivity index (χ3v) is 10.8. The number of benzene rings is 3. The van der Waals surface area contributed by atoms with Crippen LogP contribution >= 0.6 is 11.6 Å². The van der Waals surface area contributed by atoms with Gasteiger partial charge in [-0.3, -0.25) is 19.2 Å². The van der Waals surface area contributed by atoms with Crippen LogP contribution in [-0.4, -0.2) is 90.4 Å². The van der Waals surface area contributed by atoms with E-state index in [4.69, 9.17) is 25.8 Å². The number of halogens is 1. The van der Waals surface area contributed by atoms with Gasteiger partial charge in [0.25, 0.3) is 5.91 Å². The number of likely N-dealkylation sites (tertiary alicyclic amines) is 1. The van der Waals surface area contributed by atoms with Crippen molar-refractivity contribution in [3.63, 3.8) is 0 Å². The highest BCUT2D eigenvalue weighted by atomic mass is 35.5. The molecule has 0 saturated carbocycles. The highest BCUT2D eigenvalue weighted by molar-refractivity contribution is 6.30. The van der Waals surface area contributed by atoms with E-state index in [0.717, 1.165) is 5.56 Å². The lowest BCUT2D eigenvalue weighted by Crippen LogP contribution is -2.59. The fraction of sp³-hybridized carbons (Fsp3) is 0.366. The number of esters is 1. The Hall–Kier alpha value is -4.81. The Morgan fingerprint density at radius 1 is 0.962 bits per heavy atom. The number of ether oxygens (including phenoxy) is 3. The minimum Gasteiger partial charge on any atom is -0.455 e. The largest absolute Gasteiger partial charge is 0.455 e. The number of rotatable bonds is 8. The molecule has 3 aromatic carbocycles. The van der Waals surface area contributed by atoms with Crippen LogP contribution in [-0.2, 0) is 39.8 Å². The van der Waals surface area contributed by atoms with Gasteiger partial charge >= 0.3 is 5.97 Å². The van der Waals surface area contributed by atoms with Crippen molar-refractivity contribution in [3.05, 3.63) is 125 Å². The van der Waals surface area contributed by atoms with Crippen molar-refractivity contribution in [2.75, 3.05) is 31.8 Å². The zero-order chi connectivity index (χ0) is 37.1. The van der Waals surface area contributed by atoms with Gasteiger partial charge in [0.2, 0.25) is 11.8 Å². The second kappa shape index (κ2) is 15.7. The highest BCUT2D eigenvalue weighted by Gasteiger charge is 2.74. The van der Waals surface area contributed by atoms with Gasteiger partial charge in [-0.15, -0.1) is 0 Å². The van der Waals surface area contributed by atoms with E-state index >= 15 is 4.79 Å². The van der Waals surface area contributed by atoms with Gasteiger partial charge in [0, 0.05) is 30.8 Å². The van der Waals surface area contributed by atoms with Crippen molar-refractivity contribution in [2.24, 2.45) is 11.8 Å². The summed E-state index contributed by atoms with van der Waals surface area (Å²) in [5.74, 6) is -4.17. The van der Waals surface area contributed by atoms with E-state index in [1.54, 1.807) is 59.5 Å². The fourth-order valence-corrected chi connectivity index (χ4v) is 8.31. The van der Waals surface area contributed by atoms with Gasteiger partial charge in [0.1, 0.15) is 23.7 Å². The van der Waals surface area contributed by atoms with Crippen LogP contribution in [0.1, 0.15) is 30.1 Å². The van der Waals surface area contributed by atoms with Gasteiger partial charge in [0.15, 0.2) is 0 Å². The topological polar surface area (TPSA) is 135 Å². The van der Waals surface area contributed by atoms with Crippen LogP contribution < -0.4 is 10.2 Å². The first kappa shape index (κ1) is 36.5. The number of fused-ring (bicyclic) bond motifs is 2. The SMILES string of the molecule is COC[C@@H]1NC(=O)CC/C=C\CN(c2ccc(Cl)cc2)C(=O)[C@H]2N([C@@H](CO)Cc3ccccc3)C(=O)[C@@H]3[C@@H](C(=O)O[C@H]1c1ccccc1)[C@H]1C=C[C@]32O1. The Balaban J connectivity index is 1.35. The number of aliphatic hydroxyl groups excluding tert-OH is 1. The lowest BCUT2D eigenvalue weighted by Gasteiger charge is -2.39. The molecule has 5 bridgehead atoms. The maximum absolute atomic E-state index is 15.2.